The number of sulfonamides is 1. The molecule has 124 valence electrons. The Bertz CT molecular complexity index is 561. The summed E-state index contributed by atoms with van der Waals surface area (Å²) in [7, 11) is -1.85. The van der Waals surface area contributed by atoms with E-state index >= 15 is 0 Å². The Hall–Kier alpha value is -0.950. The summed E-state index contributed by atoms with van der Waals surface area (Å²) < 4.78 is 32.0. The monoisotopic (exact) mass is 327 g/mol. The van der Waals surface area contributed by atoms with Crippen molar-refractivity contribution in [1.29, 1.82) is 0 Å². The first-order valence-electron chi connectivity index (χ1n) is 7.71. The van der Waals surface area contributed by atoms with Crippen LogP contribution in [0.5, 0.6) is 0 Å². The summed E-state index contributed by atoms with van der Waals surface area (Å²) in [6.45, 7) is 2.60. The van der Waals surface area contributed by atoms with Gasteiger partial charge in [-0.2, -0.15) is 4.31 Å². The van der Waals surface area contributed by atoms with Crippen molar-refractivity contribution in [3.63, 3.8) is 0 Å². The number of ether oxygens (including phenoxy) is 1. The van der Waals surface area contributed by atoms with Crippen molar-refractivity contribution >= 4 is 10.0 Å². The molecular formula is C16H25NO4S. The van der Waals surface area contributed by atoms with Crippen molar-refractivity contribution in [2.24, 2.45) is 0 Å². The van der Waals surface area contributed by atoms with Crippen LogP contribution in [0.2, 0.25) is 0 Å². The Morgan fingerprint density at radius 3 is 2.68 bits per heavy atom. The Morgan fingerprint density at radius 2 is 2.05 bits per heavy atom. The molecule has 6 heteroatoms. The molecule has 1 fully saturated rings. The van der Waals surface area contributed by atoms with Gasteiger partial charge in [-0.05, 0) is 31.7 Å². The Morgan fingerprint density at radius 1 is 1.36 bits per heavy atom. The van der Waals surface area contributed by atoms with Gasteiger partial charge in [0.25, 0.3) is 0 Å². The fourth-order valence-corrected chi connectivity index (χ4v) is 4.77. The van der Waals surface area contributed by atoms with E-state index < -0.39 is 21.4 Å². The maximum Gasteiger partial charge on any atom is 0.217 e. The van der Waals surface area contributed by atoms with Crippen LogP contribution in [0.15, 0.2) is 30.3 Å². The standard InChI is InChI=1S/C16H25NO4S/c1-13(10-12-21-2)22(19,20)17-11-6-9-15(17)16(18)14-7-4-3-5-8-14/h3-5,7-8,13,15-16,18H,6,9-12H2,1-2H3. The fraction of sp³-hybridized carbons (Fsp3) is 0.625. The minimum absolute atomic E-state index is 0.377. The third kappa shape index (κ3) is 3.68. The predicted octanol–water partition coefficient (Wildman–Crippen LogP) is 1.94. The average molecular weight is 327 g/mol. The van der Waals surface area contributed by atoms with E-state index in [2.05, 4.69) is 0 Å². The topological polar surface area (TPSA) is 66.8 Å². The largest absolute Gasteiger partial charge is 0.387 e. The van der Waals surface area contributed by atoms with Gasteiger partial charge in [0, 0.05) is 20.3 Å². The van der Waals surface area contributed by atoms with E-state index in [1.165, 1.54) is 4.31 Å². The summed E-state index contributed by atoms with van der Waals surface area (Å²) in [5.74, 6) is 0. The number of rotatable bonds is 7. The van der Waals surface area contributed by atoms with Crippen LogP contribution in [0.3, 0.4) is 0 Å². The highest BCUT2D eigenvalue weighted by molar-refractivity contribution is 7.89. The van der Waals surface area contributed by atoms with Gasteiger partial charge in [0.2, 0.25) is 10.0 Å². The van der Waals surface area contributed by atoms with Crippen molar-refractivity contribution in [2.45, 2.75) is 43.6 Å². The van der Waals surface area contributed by atoms with Gasteiger partial charge in [-0.15, -0.1) is 0 Å². The quantitative estimate of drug-likeness (QED) is 0.831. The lowest BCUT2D eigenvalue weighted by molar-refractivity contribution is 0.106. The highest BCUT2D eigenvalue weighted by Gasteiger charge is 2.40. The molecule has 0 radical (unpaired) electrons. The number of benzene rings is 1. The molecule has 0 aromatic heterocycles. The van der Waals surface area contributed by atoms with Crippen LogP contribution in [0, 0.1) is 0 Å². The summed E-state index contributed by atoms with van der Waals surface area (Å²) in [6.07, 6.45) is 1.15. The van der Waals surface area contributed by atoms with E-state index in [4.69, 9.17) is 4.74 Å². The molecule has 5 nitrogen and oxygen atoms in total. The first-order valence-corrected chi connectivity index (χ1v) is 9.21. The molecule has 3 atom stereocenters. The zero-order valence-electron chi connectivity index (χ0n) is 13.2. The van der Waals surface area contributed by atoms with Crippen LogP contribution in [-0.4, -0.2) is 49.4 Å². The second-order valence-corrected chi connectivity index (χ2v) is 8.12. The van der Waals surface area contributed by atoms with Crippen LogP contribution in [-0.2, 0) is 14.8 Å². The molecule has 1 aromatic carbocycles. The normalized spacial score (nSPS) is 22.6. The van der Waals surface area contributed by atoms with Crippen molar-refractivity contribution in [1.82, 2.24) is 4.31 Å². The first kappa shape index (κ1) is 17.4. The maximum atomic E-state index is 12.7. The molecule has 0 spiro atoms. The molecule has 2 rings (SSSR count). The third-order valence-corrected chi connectivity index (χ3v) is 6.68. The molecule has 1 saturated heterocycles. The predicted molar refractivity (Wildman–Crippen MR) is 86.0 cm³/mol. The van der Waals surface area contributed by atoms with Crippen LogP contribution >= 0.6 is 0 Å². The number of aliphatic hydroxyl groups excluding tert-OH is 1. The van der Waals surface area contributed by atoms with Gasteiger partial charge in [0.05, 0.1) is 17.4 Å². The molecule has 0 saturated carbocycles. The number of hydrogen-bond acceptors (Lipinski definition) is 4. The number of hydrogen-bond donors (Lipinski definition) is 1. The molecule has 0 bridgehead atoms. The molecular weight excluding hydrogens is 302 g/mol. The summed E-state index contributed by atoms with van der Waals surface area (Å²) in [4.78, 5) is 0. The lowest BCUT2D eigenvalue weighted by Gasteiger charge is -2.30. The zero-order chi connectivity index (χ0) is 16.2. The van der Waals surface area contributed by atoms with E-state index in [9.17, 15) is 13.5 Å². The Kier molecular flexibility index (Phi) is 5.97. The van der Waals surface area contributed by atoms with Gasteiger partial charge >= 0.3 is 0 Å². The average Bonchev–Trinajstić information content (AvgIpc) is 3.03. The minimum Gasteiger partial charge on any atom is -0.387 e. The highest BCUT2D eigenvalue weighted by Crippen LogP contribution is 2.33. The molecule has 1 aromatic rings. The van der Waals surface area contributed by atoms with E-state index in [1.54, 1.807) is 14.0 Å². The molecule has 1 N–H and O–H groups in total. The maximum absolute atomic E-state index is 12.7. The van der Waals surface area contributed by atoms with Gasteiger partial charge in [-0.1, -0.05) is 30.3 Å². The summed E-state index contributed by atoms with van der Waals surface area (Å²) >= 11 is 0. The van der Waals surface area contributed by atoms with E-state index in [0.717, 1.165) is 12.0 Å². The van der Waals surface area contributed by atoms with Gasteiger partial charge in [0.1, 0.15) is 0 Å². The summed E-state index contributed by atoms with van der Waals surface area (Å²) in [5, 5.41) is 10.1. The van der Waals surface area contributed by atoms with Gasteiger partial charge in [-0.3, -0.25) is 0 Å². The van der Waals surface area contributed by atoms with Crippen LogP contribution in [0.25, 0.3) is 0 Å². The van der Waals surface area contributed by atoms with Crippen molar-refractivity contribution in [3.8, 4) is 0 Å². The minimum atomic E-state index is -3.42. The van der Waals surface area contributed by atoms with E-state index in [-0.39, 0.29) is 6.04 Å². The summed E-state index contributed by atoms with van der Waals surface area (Å²) in [5.41, 5.74) is 0.763. The molecule has 0 aliphatic carbocycles. The molecule has 1 heterocycles. The Balaban J connectivity index is 2.16. The van der Waals surface area contributed by atoms with Crippen LogP contribution in [0.1, 0.15) is 37.9 Å². The number of methoxy groups -OCH3 is 1. The Labute approximate surface area is 133 Å². The van der Waals surface area contributed by atoms with Crippen LogP contribution in [0.4, 0.5) is 0 Å². The van der Waals surface area contributed by atoms with Crippen molar-refractivity contribution in [3.05, 3.63) is 35.9 Å². The molecule has 3 unspecified atom stereocenters. The third-order valence-electron chi connectivity index (χ3n) is 4.32. The lowest BCUT2D eigenvalue weighted by Crippen LogP contribution is -2.43. The van der Waals surface area contributed by atoms with E-state index in [0.29, 0.717) is 26.0 Å². The van der Waals surface area contributed by atoms with E-state index in [1.807, 2.05) is 30.3 Å². The van der Waals surface area contributed by atoms with Gasteiger partial charge < -0.3 is 9.84 Å². The van der Waals surface area contributed by atoms with Crippen molar-refractivity contribution in [2.75, 3.05) is 20.3 Å². The van der Waals surface area contributed by atoms with Crippen LogP contribution < -0.4 is 0 Å². The van der Waals surface area contributed by atoms with Crippen molar-refractivity contribution < 1.29 is 18.3 Å². The number of nitrogens with zero attached hydrogens (tertiary/aromatic N) is 1. The number of aliphatic hydroxyl groups is 1. The first-order chi connectivity index (χ1) is 10.5. The molecule has 0 amide bonds. The summed E-state index contributed by atoms with van der Waals surface area (Å²) in [6, 6.07) is 8.88. The second kappa shape index (κ2) is 7.55. The molecule has 1 aliphatic rings. The smallest absolute Gasteiger partial charge is 0.217 e. The van der Waals surface area contributed by atoms with Gasteiger partial charge in [-0.25, -0.2) is 8.42 Å². The lowest BCUT2D eigenvalue weighted by atomic mass is 10.0. The SMILES string of the molecule is COCCC(C)S(=O)(=O)N1CCCC1C(O)c1ccccc1. The zero-order valence-corrected chi connectivity index (χ0v) is 14.0. The second-order valence-electron chi connectivity index (χ2n) is 5.81. The fourth-order valence-electron chi connectivity index (χ4n) is 2.93. The molecule has 22 heavy (non-hydrogen) atoms. The highest BCUT2D eigenvalue weighted by atomic mass is 32.2. The molecule has 1 aliphatic heterocycles. The van der Waals surface area contributed by atoms with Gasteiger partial charge in [0.15, 0.2) is 0 Å².